The zero-order chi connectivity index (χ0) is 17.6. The van der Waals surface area contributed by atoms with Gasteiger partial charge in [0.05, 0.1) is 12.1 Å². The van der Waals surface area contributed by atoms with Crippen LogP contribution in [0.3, 0.4) is 0 Å². The van der Waals surface area contributed by atoms with Crippen molar-refractivity contribution in [1.29, 1.82) is 0 Å². The Labute approximate surface area is 155 Å². The second-order valence-electron chi connectivity index (χ2n) is 6.70. The Morgan fingerprint density at radius 2 is 2.00 bits per heavy atom. The highest BCUT2D eigenvalue weighted by atomic mass is 35.5. The van der Waals surface area contributed by atoms with Crippen molar-refractivity contribution in [3.8, 4) is 5.75 Å². The van der Waals surface area contributed by atoms with Gasteiger partial charge in [0, 0.05) is 19.0 Å². The first kappa shape index (κ1) is 18.2. The Bertz CT molecular complexity index is 690. The van der Waals surface area contributed by atoms with Gasteiger partial charge in [0.2, 0.25) is 0 Å². The number of benzene rings is 2. The Morgan fingerprint density at radius 3 is 2.72 bits per heavy atom. The van der Waals surface area contributed by atoms with Crippen molar-refractivity contribution in [3.63, 3.8) is 0 Å². The second-order valence-corrected chi connectivity index (χ2v) is 7.10. The molecule has 0 bridgehead atoms. The van der Waals surface area contributed by atoms with Crippen molar-refractivity contribution in [3.05, 3.63) is 64.2 Å². The Morgan fingerprint density at radius 1 is 1.20 bits per heavy atom. The van der Waals surface area contributed by atoms with Gasteiger partial charge in [0.25, 0.3) is 0 Å². The minimum atomic E-state index is 0.336. The molecule has 4 heteroatoms. The molecule has 1 aliphatic heterocycles. The zero-order valence-corrected chi connectivity index (χ0v) is 15.6. The third kappa shape index (κ3) is 4.35. The third-order valence-corrected chi connectivity index (χ3v) is 5.35. The van der Waals surface area contributed by atoms with E-state index in [1.54, 1.807) is 7.11 Å². The Hall–Kier alpha value is -1.55. The van der Waals surface area contributed by atoms with E-state index in [0.717, 1.165) is 51.2 Å². The van der Waals surface area contributed by atoms with E-state index in [4.69, 9.17) is 22.1 Å². The highest BCUT2D eigenvalue weighted by Gasteiger charge is 2.25. The van der Waals surface area contributed by atoms with Crippen LogP contribution in [-0.2, 0) is 6.42 Å². The lowest BCUT2D eigenvalue weighted by molar-refractivity contribution is 0.271. The van der Waals surface area contributed by atoms with E-state index in [9.17, 15) is 0 Å². The van der Waals surface area contributed by atoms with Crippen molar-refractivity contribution in [2.45, 2.75) is 25.2 Å². The molecule has 0 spiro atoms. The lowest BCUT2D eigenvalue weighted by Gasteiger charge is -2.25. The normalized spacial score (nSPS) is 17.8. The molecular weight excluding hydrogens is 332 g/mol. The lowest BCUT2D eigenvalue weighted by Crippen LogP contribution is -2.30. The number of rotatable bonds is 6. The minimum absolute atomic E-state index is 0.336. The Kier molecular flexibility index (Phi) is 6.35. The molecule has 2 aromatic rings. The van der Waals surface area contributed by atoms with Crippen LogP contribution in [0.1, 0.15) is 35.4 Å². The summed E-state index contributed by atoms with van der Waals surface area (Å²) in [6.07, 6.45) is 3.25. The molecule has 3 rings (SSSR count). The van der Waals surface area contributed by atoms with Crippen LogP contribution in [0.4, 0.5) is 0 Å². The van der Waals surface area contributed by atoms with E-state index in [1.807, 2.05) is 0 Å². The van der Waals surface area contributed by atoms with Crippen LogP contribution in [0.25, 0.3) is 0 Å². The molecule has 0 saturated carbocycles. The highest BCUT2D eigenvalue weighted by Crippen LogP contribution is 2.37. The molecule has 1 unspecified atom stereocenters. The molecular formula is C21H27ClN2O. The predicted octanol–water partition coefficient (Wildman–Crippen LogP) is 4.08. The number of fused-ring (bicyclic) bond motifs is 1. The maximum Gasteiger partial charge on any atom is 0.137 e. The fourth-order valence-electron chi connectivity index (χ4n) is 3.69. The van der Waals surface area contributed by atoms with Gasteiger partial charge in [-0.1, -0.05) is 41.9 Å². The van der Waals surface area contributed by atoms with Gasteiger partial charge in [-0.05, 0) is 61.2 Å². The topological polar surface area (TPSA) is 38.5 Å². The number of halogens is 1. The molecule has 1 aliphatic rings. The summed E-state index contributed by atoms with van der Waals surface area (Å²) < 4.78 is 5.48. The maximum absolute atomic E-state index is 6.39. The highest BCUT2D eigenvalue weighted by molar-refractivity contribution is 6.32. The first-order valence-electron chi connectivity index (χ1n) is 9.06. The molecule has 2 N–H and O–H groups in total. The van der Waals surface area contributed by atoms with Gasteiger partial charge in [-0.3, -0.25) is 0 Å². The lowest BCUT2D eigenvalue weighted by atomic mass is 9.88. The average Bonchev–Trinajstić information content (AvgIpc) is 2.81. The van der Waals surface area contributed by atoms with Crippen molar-refractivity contribution in [1.82, 2.24) is 4.90 Å². The van der Waals surface area contributed by atoms with Crippen LogP contribution in [0.15, 0.2) is 42.5 Å². The van der Waals surface area contributed by atoms with E-state index in [2.05, 4.69) is 47.4 Å². The number of hydrogen-bond donors (Lipinski definition) is 1. The summed E-state index contributed by atoms with van der Waals surface area (Å²) in [4.78, 5) is 2.56. The summed E-state index contributed by atoms with van der Waals surface area (Å²) in [6, 6.07) is 15.0. The van der Waals surface area contributed by atoms with Crippen molar-refractivity contribution >= 4 is 11.6 Å². The van der Waals surface area contributed by atoms with Crippen LogP contribution < -0.4 is 10.5 Å². The van der Waals surface area contributed by atoms with Gasteiger partial charge in [0.15, 0.2) is 0 Å². The van der Waals surface area contributed by atoms with Crippen LogP contribution in [0.5, 0.6) is 5.75 Å². The number of nitrogens with zero attached hydrogens (tertiary/aromatic N) is 1. The number of nitrogens with two attached hydrogens (primary N) is 1. The molecule has 1 atom stereocenters. The number of methoxy groups -OCH3 is 1. The molecule has 1 heterocycles. The van der Waals surface area contributed by atoms with E-state index in [1.165, 1.54) is 16.7 Å². The molecule has 0 aliphatic carbocycles. The molecule has 0 fully saturated rings. The van der Waals surface area contributed by atoms with Gasteiger partial charge in [0.1, 0.15) is 5.75 Å². The van der Waals surface area contributed by atoms with Gasteiger partial charge < -0.3 is 15.4 Å². The summed E-state index contributed by atoms with van der Waals surface area (Å²) in [5, 5.41) is 0.699. The van der Waals surface area contributed by atoms with Gasteiger partial charge in [-0.15, -0.1) is 0 Å². The van der Waals surface area contributed by atoms with Crippen molar-refractivity contribution in [2.75, 3.05) is 33.3 Å². The van der Waals surface area contributed by atoms with Gasteiger partial charge in [-0.2, -0.15) is 0 Å². The smallest absolute Gasteiger partial charge is 0.137 e. The monoisotopic (exact) mass is 358 g/mol. The molecule has 0 aromatic heterocycles. The molecule has 25 heavy (non-hydrogen) atoms. The summed E-state index contributed by atoms with van der Waals surface area (Å²) in [5.74, 6) is 1.10. The number of ether oxygens (including phenoxy) is 1. The second kappa shape index (κ2) is 8.70. The van der Waals surface area contributed by atoms with Crippen LogP contribution in [0.2, 0.25) is 5.02 Å². The van der Waals surface area contributed by atoms with Crippen molar-refractivity contribution < 1.29 is 4.74 Å². The van der Waals surface area contributed by atoms with Gasteiger partial charge in [-0.25, -0.2) is 0 Å². The number of hydrogen-bond acceptors (Lipinski definition) is 3. The molecule has 2 aromatic carbocycles. The minimum Gasteiger partial charge on any atom is -0.495 e. The molecule has 0 radical (unpaired) electrons. The summed E-state index contributed by atoms with van der Waals surface area (Å²) in [5.41, 5.74) is 9.69. The standard InChI is InChI=1S/C21H27ClN2O/c1-25-21-14-18-17(13-20(21)22)9-12-24(11-6-5-10-23)15-19(18)16-7-3-2-4-8-16/h2-4,7-8,13-14,19H,5-6,9-12,15,23H2,1H3. The largest absolute Gasteiger partial charge is 0.495 e. The van der Waals surface area contributed by atoms with E-state index >= 15 is 0 Å². The number of unbranched alkanes of at least 4 members (excludes halogenated alkanes) is 1. The zero-order valence-electron chi connectivity index (χ0n) is 14.9. The van der Waals surface area contributed by atoms with Crippen LogP contribution >= 0.6 is 11.6 Å². The van der Waals surface area contributed by atoms with Crippen LogP contribution in [-0.4, -0.2) is 38.2 Å². The van der Waals surface area contributed by atoms with E-state index in [-0.39, 0.29) is 0 Å². The van der Waals surface area contributed by atoms with E-state index in [0.29, 0.717) is 10.9 Å². The maximum atomic E-state index is 6.39. The summed E-state index contributed by atoms with van der Waals surface area (Å²) in [7, 11) is 1.68. The van der Waals surface area contributed by atoms with Crippen molar-refractivity contribution in [2.24, 2.45) is 5.73 Å². The fourth-order valence-corrected chi connectivity index (χ4v) is 3.95. The quantitative estimate of drug-likeness (QED) is 0.791. The van der Waals surface area contributed by atoms with Crippen LogP contribution in [0, 0.1) is 0 Å². The van der Waals surface area contributed by atoms with Gasteiger partial charge >= 0.3 is 0 Å². The average molecular weight is 359 g/mol. The Balaban J connectivity index is 1.95. The first-order chi connectivity index (χ1) is 12.2. The SMILES string of the molecule is COc1cc2c(cc1Cl)CCN(CCCCN)CC2c1ccccc1. The fraction of sp³-hybridized carbons (Fsp3) is 0.429. The van der Waals surface area contributed by atoms with E-state index < -0.39 is 0 Å². The summed E-state index contributed by atoms with van der Waals surface area (Å²) in [6.45, 7) is 3.94. The molecule has 134 valence electrons. The summed E-state index contributed by atoms with van der Waals surface area (Å²) >= 11 is 6.39. The first-order valence-corrected chi connectivity index (χ1v) is 9.44. The molecule has 0 amide bonds. The predicted molar refractivity (Wildman–Crippen MR) is 105 cm³/mol. The molecule has 0 saturated heterocycles. The third-order valence-electron chi connectivity index (χ3n) is 5.06. The molecule has 3 nitrogen and oxygen atoms in total.